The van der Waals surface area contributed by atoms with Crippen LogP contribution in [-0.2, 0) is 11.8 Å². The second-order valence-corrected chi connectivity index (χ2v) is 14.1. The minimum atomic E-state index is -0.249. The van der Waals surface area contributed by atoms with E-state index in [9.17, 15) is 14.7 Å². The van der Waals surface area contributed by atoms with Crippen molar-refractivity contribution < 1.29 is 19.4 Å². The fraction of sp³-hybridized carbons (Fsp3) is 0.781. The van der Waals surface area contributed by atoms with Gasteiger partial charge in [0.15, 0.2) is 0 Å². The predicted octanol–water partition coefficient (Wildman–Crippen LogP) is 4.89. The van der Waals surface area contributed by atoms with Crippen molar-refractivity contribution in [2.24, 2.45) is 47.5 Å². The Morgan fingerprint density at radius 3 is 2.55 bits per heavy atom. The number of carbonyl (C=O) groups excluding carboxylic acids is 2. The minimum absolute atomic E-state index is 0.0340. The second kappa shape index (κ2) is 10.5. The smallest absolute Gasteiger partial charge is 0.409 e. The summed E-state index contributed by atoms with van der Waals surface area (Å²) in [6.07, 6.45) is 14.6. The van der Waals surface area contributed by atoms with Gasteiger partial charge in [-0.05, 0) is 91.8 Å². The average Bonchev–Trinajstić information content (AvgIpc) is 3.54. The molecule has 1 aromatic heterocycles. The lowest BCUT2D eigenvalue weighted by Crippen LogP contribution is -2.51. The van der Waals surface area contributed by atoms with Crippen molar-refractivity contribution in [3.8, 4) is 0 Å². The summed E-state index contributed by atoms with van der Waals surface area (Å²) in [6, 6.07) is 0. The number of hydrogen-bond acceptors (Lipinski definition) is 5. The first-order valence-corrected chi connectivity index (χ1v) is 15.7. The van der Waals surface area contributed by atoms with Crippen molar-refractivity contribution in [1.29, 1.82) is 0 Å². The number of aryl methyl sites for hydroxylation is 1. The normalized spacial score (nSPS) is 38.1. The highest BCUT2D eigenvalue weighted by molar-refractivity contribution is 5.93. The predicted molar refractivity (Wildman–Crippen MR) is 152 cm³/mol. The van der Waals surface area contributed by atoms with Gasteiger partial charge in [-0.2, -0.15) is 5.10 Å². The molecule has 0 bridgehead atoms. The van der Waals surface area contributed by atoms with Gasteiger partial charge in [0, 0.05) is 39.4 Å². The molecule has 0 radical (unpaired) electrons. The quantitative estimate of drug-likeness (QED) is 0.538. The zero-order valence-electron chi connectivity index (χ0n) is 24.8. The van der Waals surface area contributed by atoms with Gasteiger partial charge in [-0.15, -0.1) is 0 Å². The maximum Gasteiger partial charge on any atom is 0.409 e. The van der Waals surface area contributed by atoms with E-state index in [-0.39, 0.29) is 23.5 Å². The van der Waals surface area contributed by atoms with Crippen LogP contribution in [0.3, 0.4) is 0 Å². The molecule has 0 aromatic carbocycles. The molecule has 2 amide bonds. The van der Waals surface area contributed by atoms with E-state index >= 15 is 0 Å². The molecule has 0 spiro atoms. The molecule has 1 unspecified atom stereocenters. The van der Waals surface area contributed by atoms with Gasteiger partial charge in [-0.25, -0.2) is 4.79 Å². The summed E-state index contributed by atoms with van der Waals surface area (Å²) in [5.41, 5.74) is 2.70. The number of aliphatic hydroxyl groups is 1. The van der Waals surface area contributed by atoms with Crippen LogP contribution >= 0.6 is 0 Å². The number of allylic oxidation sites excluding steroid dienone is 1. The highest BCUT2D eigenvalue weighted by atomic mass is 16.6. The largest absolute Gasteiger partial charge is 0.449 e. The zero-order chi connectivity index (χ0) is 28.2. The van der Waals surface area contributed by atoms with Crippen LogP contribution in [0.5, 0.6) is 0 Å². The van der Waals surface area contributed by atoms with Gasteiger partial charge in [0.2, 0.25) is 0 Å². The molecule has 40 heavy (non-hydrogen) atoms. The summed E-state index contributed by atoms with van der Waals surface area (Å²) < 4.78 is 7.54. The van der Waals surface area contributed by atoms with E-state index in [0.717, 1.165) is 37.0 Å². The Morgan fingerprint density at radius 2 is 1.82 bits per heavy atom. The molecule has 2 heterocycles. The average molecular weight is 553 g/mol. The summed E-state index contributed by atoms with van der Waals surface area (Å²) in [5, 5.41) is 14.4. The molecule has 3 saturated carbocycles. The van der Waals surface area contributed by atoms with Gasteiger partial charge < -0.3 is 19.6 Å². The van der Waals surface area contributed by atoms with Crippen LogP contribution in [0.1, 0.15) is 82.5 Å². The Morgan fingerprint density at radius 1 is 1.07 bits per heavy atom. The van der Waals surface area contributed by atoms with Crippen LogP contribution in [0.25, 0.3) is 0 Å². The number of amides is 2. The molecule has 1 N–H and O–H groups in total. The number of piperazine rings is 1. The van der Waals surface area contributed by atoms with Crippen LogP contribution in [0, 0.1) is 40.4 Å². The molecule has 220 valence electrons. The second-order valence-electron chi connectivity index (χ2n) is 14.1. The maximum absolute atomic E-state index is 13.0. The molecule has 1 saturated heterocycles. The summed E-state index contributed by atoms with van der Waals surface area (Å²) in [5.74, 6) is 3.10. The monoisotopic (exact) mass is 552 g/mol. The lowest BCUT2D eigenvalue weighted by Gasteiger charge is -2.58. The molecule has 5 aliphatic rings. The first-order valence-electron chi connectivity index (χ1n) is 15.7. The Kier molecular flexibility index (Phi) is 7.29. The minimum Gasteiger partial charge on any atom is -0.449 e. The highest BCUT2D eigenvalue weighted by Gasteiger charge is 2.59. The number of aliphatic hydroxyl groups excluding tert-OH is 1. The van der Waals surface area contributed by atoms with Crippen LogP contribution in [0.15, 0.2) is 24.0 Å². The third kappa shape index (κ3) is 4.68. The van der Waals surface area contributed by atoms with Crippen LogP contribution < -0.4 is 0 Å². The topological polar surface area (TPSA) is 87.9 Å². The fourth-order valence-electron chi connectivity index (χ4n) is 9.83. The molecule has 8 atom stereocenters. The van der Waals surface area contributed by atoms with E-state index in [1.54, 1.807) is 33.9 Å². The number of hydrogen-bond donors (Lipinski definition) is 1. The Bertz CT molecular complexity index is 1160. The fourth-order valence-corrected chi connectivity index (χ4v) is 9.83. The standard InChI is InChI=1S/C32H48N4O4/c1-21(20-40-30(39)36-15-13-35(14-16-36)29(38)22-18-33-34(4)19-22)26-7-8-27-25-6-5-23-17-24(37)9-11-31(23,2)28(25)10-12-32(26,27)3/h5,18-19,21,24-28,37H,6-17,20H2,1-4H3/t21?,24-,25-,26+,27-,28-,31-,32+/m0/s1. The molecule has 4 fully saturated rings. The first kappa shape index (κ1) is 27.8. The molecular weight excluding hydrogens is 504 g/mol. The Labute approximate surface area is 239 Å². The molecular formula is C32H48N4O4. The van der Waals surface area contributed by atoms with Crippen molar-refractivity contribution >= 4 is 12.0 Å². The van der Waals surface area contributed by atoms with Crippen molar-refractivity contribution in [2.45, 2.75) is 78.2 Å². The first-order chi connectivity index (χ1) is 19.1. The van der Waals surface area contributed by atoms with Gasteiger partial charge in [0.25, 0.3) is 5.91 Å². The number of rotatable bonds is 4. The summed E-state index contributed by atoms with van der Waals surface area (Å²) in [4.78, 5) is 29.2. The molecule has 4 aliphatic carbocycles. The number of fused-ring (bicyclic) bond motifs is 5. The van der Waals surface area contributed by atoms with E-state index in [4.69, 9.17) is 4.74 Å². The van der Waals surface area contributed by atoms with E-state index in [0.29, 0.717) is 55.6 Å². The van der Waals surface area contributed by atoms with E-state index in [2.05, 4.69) is 31.9 Å². The molecule has 6 rings (SSSR count). The summed E-state index contributed by atoms with van der Waals surface area (Å²) in [7, 11) is 1.80. The van der Waals surface area contributed by atoms with Crippen molar-refractivity contribution in [3.63, 3.8) is 0 Å². The van der Waals surface area contributed by atoms with E-state index < -0.39 is 0 Å². The Hall–Kier alpha value is -2.35. The van der Waals surface area contributed by atoms with E-state index in [1.807, 2.05) is 0 Å². The number of aromatic nitrogens is 2. The number of carbonyl (C=O) groups is 2. The molecule has 8 nitrogen and oxygen atoms in total. The van der Waals surface area contributed by atoms with Crippen molar-refractivity contribution in [3.05, 3.63) is 29.6 Å². The summed E-state index contributed by atoms with van der Waals surface area (Å²) >= 11 is 0. The van der Waals surface area contributed by atoms with Crippen LogP contribution in [0.4, 0.5) is 4.79 Å². The van der Waals surface area contributed by atoms with Crippen molar-refractivity contribution in [1.82, 2.24) is 19.6 Å². The molecule has 1 aromatic rings. The number of ether oxygens (including phenoxy) is 1. The van der Waals surface area contributed by atoms with Crippen LogP contribution in [0.2, 0.25) is 0 Å². The van der Waals surface area contributed by atoms with E-state index in [1.165, 1.54) is 37.7 Å². The molecule has 1 aliphatic heterocycles. The number of nitrogens with zero attached hydrogens (tertiary/aromatic N) is 4. The van der Waals surface area contributed by atoms with Gasteiger partial charge in [-0.1, -0.05) is 32.4 Å². The third-order valence-corrected chi connectivity index (χ3v) is 12.1. The third-order valence-electron chi connectivity index (χ3n) is 12.1. The molecule has 8 heteroatoms. The maximum atomic E-state index is 13.0. The van der Waals surface area contributed by atoms with Gasteiger partial charge in [0.05, 0.1) is 24.5 Å². The van der Waals surface area contributed by atoms with Crippen molar-refractivity contribution in [2.75, 3.05) is 32.8 Å². The van der Waals surface area contributed by atoms with Gasteiger partial charge in [0.1, 0.15) is 0 Å². The summed E-state index contributed by atoms with van der Waals surface area (Å²) in [6.45, 7) is 9.80. The zero-order valence-corrected chi connectivity index (χ0v) is 24.8. The lowest BCUT2D eigenvalue weighted by molar-refractivity contribution is -0.0609. The van der Waals surface area contributed by atoms with Gasteiger partial charge >= 0.3 is 6.09 Å². The van der Waals surface area contributed by atoms with Gasteiger partial charge in [-0.3, -0.25) is 9.48 Å². The highest BCUT2D eigenvalue weighted by Crippen LogP contribution is 2.67. The Balaban J connectivity index is 1.02. The SMILES string of the molecule is CC(COC(=O)N1CCN(C(=O)c2cnn(C)c2)CC1)[C@H]1CC[C@H]2[C@@H]3CC=C4C[C@@H](O)CC[C@]4(C)[C@H]3CC[C@]12C. The lowest BCUT2D eigenvalue weighted by atomic mass is 9.47. The van der Waals surface area contributed by atoms with Crippen LogP contribution in [-0.4, -0.2) is 75.6 Å².